The number of amides is 1. The number of aromatic nitrogens is 5. The highest BCUT2D eigenvalue weighted by atomic mass is 16.5. The van der Waals surface area contributed by atoms with E-state index in [2.05, 4.69) is 39.6 Å². The fraction of sp³-hybridized carbons (Fsp3) is 0.706. The summed E-state index contributed by atoms with van der Waals surface area (Å²) in [6.07, 6.45) is 6.30. The first-order valence-corrected chi connectivity index (χ1v) is 9.23. The number of carbonyl (C=O) groups is 1. The summed E-state index contributed by atoms with van der Waals surface area (Å²) in [6.45, 7) is 5.98. The van der Waals surface area contributed by atoms with Crippen molar-refractivity contribution in [2.45, 2.75) is 71.0 Å². The van der Waals surface area contributed by atoms with Crippen LogP contribution in [-0.2, 0) is 6.42 Å². The molecule has 2 heterocycles. The van der Waals surface area contributed by atoms with Crippen molar-refractivity contribution >= 4 is 5.91 Å². The van der Waals surface area contributed by atoms with E-state index in [9.17, 15) is 4.79 Å². The molecule has 1 amide bonds. The van der Waals surface area contributed by atoms with Gasteiger partial charge >= 0.3 is 0 Å². The molecule has 0 bridgehead atoms. The third-order valence-corrected chi connectivity index (χ3v) is 4.65. The molecule has 1 fully saturated rings. The molecule has 0 aliphatic heterocycles. The van der Waals surface area contributed by atoms with Gasteiger partial charge in [-0.05, 0) is 38.5 Å². The average molecular weight is 361 g/mol. The second kappa shape index (κ2) is 7.94. The predicted octanol–water partition coefficient (Wildman–Crippen LogP) is 1.79. The fourth-order valence-electron chi connectivity index (χ4n) is 3.15. The van der Waals surface area contributed by atoms with Crippen LogP contribution in [0.3, 0.4) is 0 Å². The van der Waals surface area contributed by atoms with Gasteiger partial charge in [-0.25, -0.2) is 4.68 Å². The number of rotatable bonds is 6. The molecule has 142 valence electrons. The van der Waals surface area contributed by atoms with Crippen LogP contribution in [0.2, 0.25) is 0 Å². The molecule has 1 aliphatic carbocycles. The molecule has 3 rings (SSSR count). The molecule has 0 radical (unpaired) electrons. The Morgan fingerprint density at radius 1 is 1.35 bits per heavy atom. The first-order chi connectivity index (χ1) is 12.4. The van der Waals surface area contributed by atoms with Gasteiger partial charge in [0.25, 0.3) is 5.91 Å². The van der Waals surface area contributed by atoms with Crippen molar-refractivity contribution in [3.8, 4) is 0 Å². The topological polar surface area (TPSA) is 125 Å². The Balaban J connectivity index is 1.58. The number of hydrogen-bond acceptors (Lipinski definition) is 7. The maximum absolute atomic E-state index is 12.4. The van der Waals surface area contributed by atoms with E-state index in [-0.39, 0.29) is 23.7 Å². The standard InChI is InChI=1S/C17H27N7O2/c1-10(2)8-15-20-17(26-22-15)11(3)19-16(25)14-9-24(23-21-14)13-6-4-12(18)5-7-13/h9-13H,4-8,18H2,1-3H3,(H,19,25)/t11-,12?,13?/m1/s1. The summed E-state index contributed by atoms with van der Waals surface area (Å²) in [5, 5.41) is 14.9. The molecule has 1 aliphatic rings. The van der Waals surface area contributed by atoms with Crippen molar-refractivity contribution < 1.29 is 9.32 Å². The van der Waals surface area contributed by atoms with Crippen LogP contribution in [0, 0.1) is 5.92 Å². The van der Waals surface area contributed by atoms with E-state index in [1.54, 1.807) is 17.8 Å². The lowest BCUT2D eigenvalue weighted by Gasteiger charge is -2.25. The van der Waals surface area contributed by atoms with Crippen LogP contribution in [0.15, 0.2) is 10.7 Å². The van der Waals surface area contributed by atoms with E-state index in [1.807, 2.05) is 0 Å². The fourth-order valence-corrected chi connectivity index (χ4v) is 3.15. The molecule has 0 saturated heterocycles. The van der Waals surface area contributed by atoms with Crippen LogP contribution in [-0.4, -0.2) is 37.1 Å². The minimum atomic E-state index is -0.395. The molecule has 26 heavy (non-hydrogen) atoms. The van der Waals surface area contributed by atoms with Crippen molar-refractivity contribution in [1.82, 2.24) is 30.5 Å². The number of nitrogens with zero attached hydrogens (tertiary/aromatic N) is 5. The molecule has 0 spiro atoms. The predicted molar refractivity (Wildman–Crippen MR) is 94.2 cm³/mol. The highest BCUT2D eigenvalue weighted by Gasteiger charge is 2.23. The van der Waals surface area contributed by atoms with E-state index >= 15 is 0 Å². The van der Waals surface area contributed by atoms with Crippen molar-refractivity contribution in [3.63, 3.8) is 0 Å². The quantitative estimate of drug-likeness (QED) is 0.803. The van der Waals surface area contributed by atoms with Crippen molar-refractivity contribution in [2.24, 2.45) is 11.7 Å². The van der Waals surface area contributed by atoms with Gasteiger partial charge in [-0.15, -0.1) is 5.10 Å². The largest absolute Gasteiger partial charge is 0.339 e. The van der Waals surface area contributed by atoms with Gasteiger partial charge in [0.1, 0.15) is 6.04 Å². The van der Waals surface area contributed by atoms with Crippen LogP contribution in [0.1, 0.15) is 80.7 Å². The van der Waals surface area contributed by atoms with E-state index < -0.39 is 6.04 Å². The Morgan fingerprint density at radius 2 is 2.08 bits per heavy atom. The van der Waals surface area contributed by atoms with E-state index in [1.165, 1.54) is 0 Å². The van der Waals surface area contributed by atoms with Crippen molar-refractivity contribution in [2.75, 3.05) is 0 Å². The van der Waals surface area contributed by atoms with Gasteiger partial charge in [-0.3, -0.25) is 4.79 Å². The first kappa shape index (κ1) is 18.5. The zero-order valence-corrected chi connectivity index (χ0v) is 15.6. The van der Waals surface area contributed by atoms with Crippen molar-refractivity contribution in [3.05, 3.63) is 23.6 Å². The van der Waals surface area contributed by atoms with Gasteiger partial charge in [0.2, 0.25) is 5.89 Å². The molecule has 9 heteroatoms. The molecule has 0 aromatic carbocycles. The van der Waals surface area contributed by atoms with Crippen LogP contribution in [0.4, 0.5) is 0 Å². The van der Waals surface area contributed by atoms with E-state index in [0.717, 1.165) is 32.1 Å². The lowest BCUT2D eigenvalue weighted by Crippen LogP contribution is -2.28. The molecule has 1 atom stereocenters. The minimum absolute atomic E-state index is 0.260. The molecule has 0 unspecified atom stereocenters. The van der Waals surface area contributed by atoms with Gasteiger partial charge in [0.05, 0.1) is 12.2 Å². The monoisotopic (exact) mass is 361 g/mol. The molecule has 9 nitrogen and oxygen atoms in total. The third kappa shape index (κ3) is 4.46. The smallest absolute Gasteiger partial charge is 0.274 e. The second-order valence-corrected chi connectivity index (χ2v) is 7.49. The molecule has 1 saturated carbocycles. The summed E-state index contributed by atoms with van der Waals surface area (Å²) in [5.74, 6) is 1.18. The Kier molecular flexibility index (Phi) is 5.65. The molecular weight excluding hydrogens is 334 g/mol. The van der Waals surface area contributed by atoms with Crippen LogP contribution in [0.25, 0.3) is 0 Å². The van der Waals surface area contributed by atoms with Gasteiger partial charge in [-0.1, -0.05) is 24.2 Å². The maximum Gasteiger partial charge on any atom is 0.274 e. The van der Waals surface area contributed by atoms with Crippen LogP contribution < -0.4 is 11.1 Å². The van der Waals surface area contributed by atoms with Gasteiger partial charge in [0.15, 0.2) is 11.5 Å². The zero-order chi connectivity index (χ0) is 18.7. The highest BCUT2D eigenvalue weighted by Crippen LogP contribution is 2.26. The Labute approximate surface area is 152 Å². The zero-order valence-electron chi connectivity index (χ0n) is 15.6. The lowest BCUT2D eigenvalue weighted by molar-refractivity contribution is 0.0927. The minimum Gasteiger partial charge on any atom is -0.339 e. The van der Waals surface area contributed by atoms with E-state index in [4.69, 9.17) is 10.3 Å². The average Bonchev–Trinajstić information content (AvgIpc) is 3.24. The van der Waals surface area contributed by atoms with Crippen LogP contribution in [0.5, 0.6) is 0 Å². The number of carbonyl (C=O) groups excluding carboxylic acids is 1. The molecule has 2 aromatic heterocycles. The third-order valence-electron chi connectivity index (χ3n) is 4.65. The lowest BCUT2D eigenvalue weighted by atomic mass is 9.92. The first-order valence-electron chi connectivity index (χ1n) is 9.23. The second-order valence-electron chi connectivity index (χ2n) is 7.49. The summed E-state index contributed by atoms with van der Waals surface area (Å²) in [7, 11) is 0. The highest BCUT2D eigenvalue weighted by molar-refractivity contribution is 5.92. The molecular formula is C17H27N7O2. The SMILES string of the molecule is CC(C)Cc1noc([C@@H](C)NC(=O)c2cn(C3CCC(N)CC3)nn2)n1. The normalized spacial score (nSPS) is 21.7. The van der Waals surface area contributed by atoms with Crippen LogP contribution >= 0.6 is 0 Å². The number of nitrogens with one attached hydrogen (secondary N) is 1. The van der Waals surface area contributed by atoms with Crippen molar-refractivity contribution in [1.29, 1.82) is 0 Å². The Hall–Kier alpha value is -2.29. The summed E-state index contributed by atoms with van der Waals surface area (Å²) in [6, 6.07) is 0.137. The summed E-state index contributed by atoms with van der Waals surface area (Å²) in [5.41, 5.74) is 6.22. The van der Waals surface area contributed by atoms with Gasteiger partial charge < -0.3 is 15.6 Å². The van der Waals surface area contributed by atoms with E-state index in [0.29, 0.717) is 17.6 Å². The van der Waals surface area contributed by atoms with Gasteiger partial charge in [-0.2, -0.15) is 4.98 Å². The molecule has 3 N–H and O–H groups in total. The summed E-state index contributed by atoms with van der Waals surface area (Å²) in [4.78, 5) is 16.8. The Bertz CT molecular complexity index is 731. The number of nitrogens with two attached hydrogens (primary N) is 1. The number of hydrogen-bond donors (Lipinski definition) is 2. The Morgan fingerprint density at radius 3 is 2.77 bits per heavy atom. The maximum atomic E-state index is 12.4. The summed E-state index contributed by atoms with van der Waals surface area (Å²) >= 11 is 0. The summed E-state index contributed by atoms with van der Waals surface area (Å²) < 4.78 is 7.02. The van der Waals surface area contributed by atoms with Gasteiger partial charge in [0, 0.05) is 12.5 Å². The molecule has 2 aromatic rings.